The number of aryl methyl sites for hydroxylation is 2. The Morgan fingerprint density at radius 2 is 1.66 bits per heavy atom. The summed E-state index contributed by atoms with van der Waals surface area (Å²) < 4.78 is 5.18. The van der Waals surface area contributed by atoms with E-state index in [9.17, 15) is 9.59 Å². The first-order valence-corrected chi connectivity index (χ1v) is 10.3. The first kappa shape index (κ1) is 21.1. The number of rotatable bonds is 6. The Hall–Kier alpha value is -2.66. The Morgan fingerprint density at radius 1 is 1.03 bits per heavy atom. The van der Waals surface area contributed by atoms with E-state index < -0.39 is 6.04 Å². The molecule has 0 saturated carbocycles. The van der Waals surface area contributed by atoms with Crippen molar-refractivity contribution in [2.75, 3.05) is 25.0 Å². The number of carbonyl (C=O) groups excluding carboxylic acids is 2. The van der Waals surface area contributed by atoms with Crippen molar-refractivity contribution in [2.24, 2.45) is 5.92 Å². The van der Waals surface area contributed by atoms with E-state index >= 15 is 0 Å². The number of nitrogens with zero attached hydrogens (tertiary/aromatic N) is 1. The molecule has 0 radical (unpaired) electrons. The topological polar surface area (TPSA) is 58.6 Å². The highest BCUT2D eigenvalue weighted by Crippen LogP contribution is 2.30. The van der Waals surface area contributed by atoms with Crippen molar-refractivity contribution >= 4 is 17.6 Å². The standard InChI is InChI=1S/C24H30N2O3/c1-4-29-24(28)20-13-15-26(16-14-20)22(19-11-6-5-7-12-19)23(27)25-21-17(2)9-8-10-18(21)3/h5-12,20,22H,4,13-16H2,1-3H3,(H,25,27). The van der Waals surface area contributed by atoms with Crippen molar-refractivity contribution in [2.45, 2.75) is 39.7 Å². The molecule has 1 aliphatic rings. The quantitative estimate of drug-likeness (QED) is 0.744. The van der Waals surface area contributed by atoms with E-state index in [0.717, 1.165) is 22.4 Å². The molecule has 1 fully saturated rings. The summed E-state index contributed by atoms with van der Waals surface area (Å²) in [6, 6.07) is 15.5. The second kappa shape index (κ2) is 9.70. The van der Waals surface area contributed by atoms with Gasteiger partial charge in [-0.3, -0.25) is 14.5 Å². The fourth-order valence-electron chi connectivity index (χ4n) is 4.02. The molecule has 1 unspecified atom stereocenters. The van der Waals surface area contributed by atoms with Crippen LogP contribution < -0.4 is 5.32 Å². The van der Waals surface area contributed by atoms with E-state index in [2.05, 4.69) is 10.2 Å². The number of para-hydroxylation sites is 1. The zero-order valence-electron chi connectivity index (χ0n) is 17.5. The van der Waals surface area contributed by atoms with Gasteiger partial charge < -0.3 is 10.1 Å². The number of likely N-dealkylation sites (tertiary alicyclic amines) is 1. The second-order valence-corrected chi connectivity index (χ2v) is 7.63. The Morgan fingerprint density at radius 3 is 2.24 bits per heavy atom. The number of hydrogen-bond donors (Lipinski definition) is 1. The lowest BCUT2D eigenvalue weighted by molar-refractivity contribution is -0.149. The van der Waals surface area contributed by atoms with E-state index in [0.29, 0.717) is 32.5 Å². The molecule has 3 rings (SSSR count). The molecule has 2 aromatic rings. The minimum Gasteiger partial charge on any atom is -0.466 e. The van der Waals surface area contributed by atoms with Crippen LogP contribution in [0.2, 0.25) is 0 Å². The van der Waals surface area contributed by atoms with Crippen LogP contribution in [0.15, 0.2) is 48.5 Å². The smallest absolute Gasteiger partial charge is 0.309 e. The zero-order chi connectivity index (χ0) is 20.8. The summed E-state index contributed by atoms with van der Waals surface area (Å²) in [5.41, 5.74) is 3.93. The molecule has 1 atom stereocenters. The molecule has 1 aliphatic heterocycles. The normalized spacial score (nSPS) is 16.2. The molecule has 0 aliphatic carbocycles. The van der Waals surface area contributed by atoms with Crippen LogP contribution in [0.1, 0.15) is 42.5 Å². The number of esters is 1. The summed E-state index contributed by atoms with van der Waals surface area (Å²) in [5, 5.41) is 3.16. The molecule has 1 amide bonds. The van der Waals surface area contributed by atoms with Crippen LogP contribution in [0, 0.1) is 19.8 Å². The third-order valence-electron chi connectivity index (χ3n) is 5.61. The van der Waals surface area contributed by atoms with Crippen LogP contribution in [0.4, 0.5) is 5.69 Å². The summed E-state index contributed by atoms with van der Waals surface area (Å²) in [5.74, 6) is -0.240. The maximum absolute atomic E-state index is 13.4. The predicted molar refractivity (Wildman–Crippen MR) is 115 cm³/mol. The second-order valence-electron chi connectivity index (χ2n) is 7.63. The van der Waals surface area contributed by atoms with Gasteiger partial charge in [0.25, 0.3) is 0 Å². The van der Waals surface area contributed by atoms with Crippen LogP contribution in [0.3, 0.4) is 0 Å². The number of ether oxygens (including phenoxy) is 1. The van der Waals surface area contributed by atoms with Crippen LogP contribution >= 0.6 is 0 Å². The Balaban J connectivity index is 1.79. The van der Waals surface area contributed by atoms with Gasteiger partial charge in [-0.05, 0) is 50.3 Å². The van der Waals surface area contributed by atoms with Crippen molar-refractivity contribution in [1.82, 2.24) is 4.90 Å². The average molecular weight is 395 g/mol. The van der Waals surface area contributed by atoms with Gasteiger partial charge >= 0.3 is 5.97 Å². The molecule has 0 aromatic heterocycles. The Kier molecular flexibility index (Phi) is 7.04. The fraction of sp³-hybridized carbons (Fsp3) is 0.417. The lowest BCUT2D eigenvalue weighted by atomic mass is 9.93. The molecule has 1 saturated heterocycles. The summed E-state index contributed by atoms with van der Waals surface area (Å²) in [6.07, 6.45) is 1.41. The number of hydrogen-bond acceptors (Lipinski definition) is 4. The van der Waals surface area contributed by atoms with E-state index in [1.54, 1.807) is 0 Å². The molecule has 1 heterocycles. The van der Waals surface area contributed by atoms with Crippen LogP contribution in [0.5, 0.6) is 0 Å². The van der Waals surface area contributed by atoms with Crippen molar-refractivity contribution < 1.29 is 14.3 Å². The molecule has 0 bridgehead atoms. The van der Waals surface area contributed by atoms with Crippen molar-refractivity contribution in [3.05, 3.63) is 65.2 Å². The highest BCUT2D eigenvalue weighted by atomic mass is 16.5. The van der Waals surface area contributed by atoms with Crippen molar-refractivity contribution in [3.8, 4) is 0 Å². The highest BCUT2D eigenvalue weighted by Gasteiger charge is 2.33. The summed E-state index contributed by atoms with van der Waals surface area (Å²) in [7, 11) is 0. The van der Waals surface area contributed by atoms with E-state index in [4.69, 9.17) is 4.74 Å². The summed E-state index contributed by atoms with van der Waals surface area (Å²) >= 11 is 0. The van der Waals surface area contributed by atoms with Crippen LogP contribution in [-0.2, 0) is 14.3 Å². The minimum atomic E-state index is -0.390. The number of amides is 1. The molecule has 5 heteroatoms. The summed E-state index contributed by atoms with van der Waals surface area (Å²) in [6.45, 7) is 7.61. The average Bonchev–Trinajstić information content (AvgIpc) is 2.72. The largest absolute Gasteiger partial charge is 0.466 e. The third kappa shape index (κ3) is 5.04. The molecule has 154 valence electrons. The van der Waals surface area contributed by atoms with Gasteiger partial charge in [-0.2, -0.15) is 0 Å². The van der Waals surface area contributed by atoms with Crippen LogP contribution in [0.25, 0.3) is 0 Å². The van der Waals surface area contributed by atoms with E-state index in [1.165, 1.54) is 0 Å². The molecular weight excluding hydrogens is 364 g/mol. The number of nitrogens with one attached hydrogen (secondary N) is 1. The van der Waals surface area contributed by atoms with Gasteiger partial charge in [0.05, 0.1) is 12.5 Å². The van der Waals surface area contributed by atoms with Gasteiger partial charge in [0.2, 0.25) is 5.91 Å². The lowest BCUT2D eigenvalue weighted by Crippen LogP contribution is -2.43. The molecule has 29 heavy (non-hydrogen) atoms. The highest BCUT2D eigenvalue weighted by molar-refractivity contribution is 5.96. The van der Waals surface area contributed by atoms with Crippen molar-refractivity contribution in [3.63, 3.8) is 0 Å². The Bertz CT molecular complexity index is 822. The van der Waals surface area contributed by atoms with Gasteiger partial charge in [0, 0.05) is 18.8 Å². The first-order chi connectivity index (χ1) is 14.0. The van der Waals surface area contributed by atoms with Gasteiger partial charge in [-0.15, -0.1) is 0 Å². The SMILES string of the molecule is CCOC(=O)C1CCN(C(C(=O)Nc2c(C)cccc2C)c2ccccc2)CC1. The molecular formula is C24H30N2O3. The maximum Gasteiger partial charge on any atom is 0.309 e. The van der Waals surface area contributed by atoms with Crippen molar-refractivity contribution in [1.29, 1.82) is 0 Å². The maximum atomic E-state index is 13.4. The van der Waals surface area contributed by atoms with Gasteiger partial charge in [-0.25, -0.2) is 0 Å². The molecule has 1 N–H and O–H groups in total. The lowest BCUT2D eigenvalue weighted by Gasteiger charge is -2.36. The fourth-order valence-corrected chi connectivity index (χ4v) is 4.02. The number of piperidine rings is 1. The van der Waals surface area contributed by atoms with Gasteiger partial charge in [-0.1, -0.05) is 48.5 Å². The summed E-state index contributed by atoms with van der Waals surface area (Å²) in [4.78, 5) is 27.6. The molecule has 0 spiro atoms. The molecule has 2 aromatic carbocycles. The minimum absolute atomic E-state index is 0.0387. The van der Waals surface area contributed by atoms with E-state index in [-0.39, 0.29) is 17.8 Å². The van der Waals surface area contributed by atoms with Gasteiger partial charge in [0.1, 0.15) is 6.04 Å². The number of anilines is 1. The zero-order valence-corrected chi connectivity index (χ0v) is 17.5. The number of benzene rings is 2. The monoisotopic (exact) mass is 394 g/mol. The Labute approximate surface area is 173 Å². The number of carbonyl (C=O) groups is 2. The molecule has 5 nitrogen and oxygen atoms in total. The predicted octanol–water partition coefficient (Wildman–Crippen LogP) is 4.26. The first-order valence-electron chi connectivity index (χ1n) is 10.3. The van der Waals surface area contributed by atoms with Crippen LogP contribution in [-0.4, -0.2) is 36.5 Å². The van der Waals surface area contributed by atoms with E-state index in [1.807, 2.05) is 69.3 Å². The third-order valence-corrected chi connectivity index (χ3v) is 5.61. The van der Waals surface area contributed by atoms with Gasteiger partial charge in [0.15, 0.2) is 0 Å².